The van der Waals surface area contributed by atoms with E-state index in [1.807, 2.05) is 0 Å². The average molecular weight is 422 g/mol. The van der Waals surface area contributed by atoms with E-state index in [0.717, 1.165) is 12.8 Å². The summed E-state index contributed by atoms with van der Waals surface area (Å²) in [6, 6.07) is 6.60. The predicted molar refractivity (Wildman–Crippen MR) is 120 cm³/mol. The molecule has 30 heavy (non-hydrogen) atoms. The van der Waals surface area contributed by atoms with Crippen molar-refractivity contribution in [3.63, 3.8) is 0 Å². The third kappa shape index (κ3) is 11.7. The van der Waals surface area contributed by atoms with Gasteiger partial charge in [-0.1, -0.05) is 71.1 Å². The summed E-state index contributed by atoms with van der Waals surface area (Å²) < 4.78 is 5.43. The molecule has 0 spiro atoms. The maximum atomic E-state index is 11.8. The van der Waals surface area contributed by atoms with E-state index in [1.165, 1.54) is 71.6 Å². The van der Waals surface area contributed by atoms with Crippen LogP contribution in [0.1, 0.15) is 97.8 Å². The van der Waals surface area contributed by atoms with Gasteiger partial charge >= 0.3 is 11.9 Å². The van der Waals surface area contributed by atoms with Crippen LogP contribution in [0.2, 0.25) is 0 Å². The molecule has 0 unspecified atom stereocenters. The van der Waals surface area contributed by atoms with Crippen molar-refractivity contribution in [2.45, 2.75) is 103 Å². The first kappa shape index (κ1) is 25.8. The Morgan fingerprint density at radius 3 is 1.87 bits per heavy atom. The van der Waals surface area contributed by atoms with E-state index < -0.39 is 11.6 Å². The highest BCUT2D eigenvalue weighted by molar-refractivity contribution is 5.76. The monoisotopic (exact) mass is 421 g/mol. The van der Waals surface area contributed by atoms with Gasteiger partial charge in [0.15, 0.2) is 5.60 Å². The summed E-state index contributed by atoms with van der Waals surface area (Å²) in [5.74, 6) is -0.889. The Morgan fingerprint density at radius 2 is 1.37 bits per heavy atom. The zero-order valence-corrected chi connectivity index (χ0v) is 18.9. The van der Waals surface area contributed by atoms with E-state index in [4.69, 9.17) is 14.7 Å². The van der Waals surface area contributed by atoms with Gasteiger partial charge in [0, 0.05) is 6.42 Å². The maximum absolute atomic E-state index is 11.8. The highest BCUT2D eigenvalue weighted by Gasteiger charge is 2.29. The summed E-state index contributed by atoms with van der Waals surface area (Å²) in [6.07, 6.45) is 14.1. The van der Waals surface area contributed by atoms with Gasteiger partial charge in [0.05, 0.1) is 5.69 Å². The molecule has 0 aliphatic rings. The molecular formula is C24H39NO5. The van der Waals surface area contributed by atoms with Crippen LogP contribution in [0.5, 0.6) is 5.75 Å². The zero-order valence-electron chi connectivity index (χ0n) is 18.9. The third-order valence-electron chi connectivity index (χ3n) is 5.01. The van der Waals surface area contributed by atoms with Gasteiger partial charge in [-0.15, -0.1) is 0 Å². The minimum absolute atomic E-state index is 0.279. The van der Waals surface area contributed by atoms with Gasteiger partial charge in [-0.25, -0.2) is 15.1 Å². The molecule has 0 atom stereocenters. The summed E-state index contributed by atoms with van der Waals surface area (Å²) >= 11 is 0. The summed E-state index contributed by atoms with van der Waals surface area (Å²) in [4.78, 5) is 28.0. The molecule has 2 N–H and O–H groups in total. The normalized spacial score (nSPS) is 11.2. The van der Waals surface area contributed by atoms with Crippen molar-refractivity contribution in [2.75, 3.05) is 5.48 Å². The topological polar surface area (TPSA) is 84.9 Å². The zero-order chi connectivity index (χ0) is 22.2. The van der Waals surface area contributed by atoms with Crippen LogP contribution >= 0.6 is 0 Å². The lowest BCUT2D eigenvalue weighted by Crippen LogP contribution is -2.37. The Bertz CT molecular complexity index is 613. The fourth-order valence-electron chi connectivity index (χ4n) is 3.03. The first-order valence-electron chi connectivity index (χ1n) is 11.3. The van der Waals surface area contributed by atoms with Crippen LogP contribution in [0.4, 0.5) is 5.69 Å². The molecule has 0 saturated carbocycles. The molecule has 0 aliphatic carbocycles. The maximum Gasteiger partial charge on any atom is 0.347 e. The van der Waals surface area contributed by atoms with Crippen molar-refractivity contribution >= 4 is 17.6 Å². The van der Waals surface area contributed by atoms with Crippen molar-refractivity contribution in [3.8, 4) is 5.75 Å². The Balaban J connectivity index is 2.08. The number of hydrogen-bond donors (Lipinski definition) is 2. The van der Waals surface area contributed by atoms with Gasteiger partial charge in [-0.2, -0.15) is 0 Å². The minimum atomic E-state index is -1.31. The molecule has 1 rings (SSSR count). The number of anilines is 1. The molecule has 0 bridgehead atoms. The Morgan fingerprint density at radius 1 is 0.867 bits per heavy atom. The first-order chi connectivity index (χ1) is 14.3. The molecule has 0 saturated heterocycles. The van der Waals surface area contributed by atoms with Crippen LogP contribution in [0.3, 0.4) is 0 Å². The van der Waals surface area contributed by atoms with Gasteiger partial charge < -0.3 is 14.7 Å². The summed E-state index contributed by atoms with van der Waals surface area (Å²) in [5, 5.41) is 9.09. The van der Waals surface area contributed by atoms with Crippen molar-refractivity contribution in [3.05, 3.63) is 24.3 Å². The second-order valence-electron chi connectivity index (χ2n) is 8.30. The molecule has 0 aliphatic heterocycles. The Labute approximate surface area is 181 Å². The number of hydrogen-bond acceptors (Lipinski definition) is 5. The van der Waals surface area contributed by atoms with E-state index in [2.05, 4.69) is 12.4 Å². The average Bonchev–Trinajstić information content (AvgIpc) is 2.71. The molecule has 170 valence electrons. The molecule has 1 aromatic carbocycles. The number of carboxylic acids is 1. The third-order valence-corrected chi connectivity index (χ3v) is 5.01. The summed E-state index contributed by atoms with van der Waals surface area (Å²) in [5.41, 5.74) is 1.92. The number of ether oxygens (including phenoxy) is 1. The van der Waals surface area contributed by atoms with Crippen LogP contribution in [0.15, 0.2) is 24.3 Å². The summed E-state index contributed by atoms with van der Waals surface area (Å²) in [7, 11) is 0. The number of aliphatic carboxylic acids is 1. The molecule has 6 heteroatoms. The Hall–Kier alpha value is -2.24. The van der Waals surface area contributed by atoms with Crippen LogP contribution < -0.4 is 10.2 Å². The fraction of sp³-hybridized carbons (Fsp3) is 0.667. The largest absolute Gasteiger partial charge is 0.478 e. The van der Waals surface area contributed by atoms with E-state index in [-0.39, 0.29) is 5.97 Å². The van der Waals surface area contributed by atoms with E-state index in [1.54, 1.807) is 24.3 Å². The molecule has 0 fully saturated rings. The second kappa shape index (κ2) is 14.7. The highest BCUT2D eigenvalue weighted by atomic mass is 16.7. The second-order valence-corrected chi connectivity index (χ2v) is 8.30. The number of carbonyl (C=O) groups is 2. The number of carbonyl (C=O) groups excluding carboxylic acids is 1. The number of carboxylic acid groups (broad SMARTS) is 1. The first-order valence-corrected chi connectivity index (χ1v) is 11.3. The number of benzene rings is 1. The van der Waals surface area contributed by atoms with Gasteiger partial charge in [0.1, 0.15) is 5.75 Å². The van der Waals surface area contributed by atoms with Gasteiger partial charge in [-0.3, -0.25) is 0 Å². The highest BCUT2D eigenvalue weighted by Crippen LogP contribution is 2.21. The van der Waals surface area contributed by atoms with Crippen molar-refractivity contribution in [1.29, 1.82) is 0 Å². The molecule has 1 aromatic rings. The van der Waals surface area contributed by atoms with Gasteiger partial charge in [-0.05, 0) is 44.5 Å². The standard InChI is InChI=1S/C24H39NO5/c1-4-5-6-7-8-9-10-11-12-13-14-15-22(26)30-25-20-16-18-21(19-17-20)29-24(2,3)23(27)28/h16-19,25H,4-15H2,1-3H3,(H,27,28). The number of unbranched alkanes of at least 4 members (excludes halogenated alkanes) is 10. The van der Waals surface area contributed by atoms with Crippen molar-refractivity contribution in [2.24, 2.45) is 0 Å². The van der Waals surface area contributed by atoms with Crippen molar-refractivity contribution < 1.29 is 24.3 Å². The van der Waals surface area contributed by atoms with Crippen LogP contribution in [0.25, 0.3) is 0 Å². The number of rotatable bonds is 17. The van der Waals surface area contributed by atoms with Gasteiger partial charge in [0.25, 0.3) is 0 Å². The van der Waals surface area contributed by atoms with Crippen LogP contribution in [0, 0.1) is 0 Å². The summed E-state index contributed by atoms with van der Waals surface area (Å²) in [6.45, 7) is 5.21. The SMILES string of the molecule is CCCCCCCCCCCCCC(=O)ONc1ccc(OC(C)(C)C(=O)O)cc1. The van der Waals surface area contributed by atoms with Crippen molar-refractivity contribution in [1.82, 2.24) is 0 Å². The smallest absolute Gasteiger partial charge is 0.347 e. The van der Waals surface area contributed by atoms with E-state index in [9.17, 15) is 9.59 Å². The molecule has 6 nitrogen and oxygen atoms in total. The van der Waals surface area contributed by atoms with Crippen LogP contribution in [-0.4, -0.2) is 22.6 Å². The molecule has 0 aromatic heterocycles. The van der Waals surface area contributed by atoms with Crippen LogP contribution in [-0.2, 0) is 14.4 Å². The fourth-order valence-corrected chi connectivity index (χ4v) is 3.03. The van der Waals surface area contributed by atoms with E-state index in [0.29, 0.717) is 17.9 Å². The Kier molecular flexibility index (Phi) is 12.6. The molecule has 0 heterocycles. The lowest BCUT2D eigenvalue weighted by Gasteiger charge is -2.21. The predicted octanol–water partition coefficient (Wildman–Crippen LogP) is 6.50. The van der Waals surface area contributed by atoms with Gasteiger partial charge in [0.2, 0.25) is 0 Å². The van der Waals surface area contributed by atoms with E-state index >= 15 is 0 Å². The number of nitrogens with one attached hydrogen (secondary N) is 1. The molecule has 0 amide bonds. The molecular weight excluding hydrogens is 382 g/mol. The lowest BCUT2D eigenvalue weighted by molar-refractivity contribution is -0.152. The molecule has 0 radical (unpaired) electrons. The minimum Gasteiger partial charge on any atom is -0.478 e. The quantitative estimate of drug-likeness (QED) is 0.221. The lowest BCUT2D eigenvalue weighted by atomic mass is 10.1.